The van der Waals surface area contributed by atoms with E-state index in [1.807, 2.05) is 0 Å². The van der Waals surface area contributed by atoms with Crippen LogP contribution in [0.15, 0.2) is 45.6 Å². The number of ketones is 1. The van der Waals surface area contributed by atoms with Crippen LogP contribution >= 0.6 is 0 Å². The highest BCUT2D eigenvalue weighted by atomic mass is 16.5. The summed E-state index contributed by atoms with van der Waals surface area (Å²) < 4.78 is 10.4. The van der Waals surface area contributed by atoms with Crippen LogP contribution in [0.5, 0.6) is 5.75 Å². The average molecular weight is 337 g/mol. The maximum absolute atomic E-state index is 12.2. The number of rotatable bonds is 3. The highest BCUT2D eigenvalue weighted by Crippen LogP contribution is 2.30. The van der Waals surface area contributed by atoms with Gasteiger partial charge in [-0.2, -0.15) is 0 Å². The Balaban J connectivity index is 2.26. The van der Waals surface area contributed by atoms with Crippen molar-refractivity contribution in [2.45, 2.75) is 20.8 Å². The quantitative estimate of drug-likeness (QED) is 0.414. The summed E-state index contributed by atoms with van der Waals surface area (Å²) in [6.07, 6.45) is 0. The summed E-state index contributed by atoms with van der Waals surface area (Å²) in [6.45, 7) is 4.39. The smallest absolute Gasteiger partial charge is 0.347 e. The van der Waals surface area contributed by atoms with Crippen molar-refractivity contribution in [1.82, 2.24) is 4.98 Å². The molecule has 0 radical (unpaired) electrons. The molecule has 0 aliphatic rings. The van der Waals surface area contributed by atoms with E-state index in [9.17, 15) is 14.4 Å². The van der Waals surface area contributed by atoms with Crippen molar-refractivity contribution in [2.75, 3.05) is 0 Å². The summed E-state index contributed by atoms with van der Waals surface area (Å²) in [7, 11) is 0. The minimum atomic E-state index is -0.531. The molecule has 0 bridgehead atoms. The van der Waals surface area contributed by atoms with Crippen LogP contribution in [0.4, 0.5) is 0 Å². The lowest BCUT2D eigenvalue weighted by molar-refractivity contribution is -0.131. The van der Waals surface area contributed by atoms with Gasteiger partial charge in [0.1, 0.15) is 5.75 Å². The van der Waals surface area contributed by atoms with Crippen LogP contribution in [0, 0.1) is 6.92 Å². The zero-order valence-electron chi connectivity index (χ0n) is 14.0. The van der Waals surface area contributed by atoms with Crippen molar-refractivity contribution < 1.29 is 18.7 Å². The van der Waals surface area contributed by atoms with E-state index in [-0.39, 0.29) is 23.0 Å². The van der Waals surface area contributed by atoms with E-state index in [2.05, 4.69) is 4.98 Å². The molecule has 1 aromatic heterocycles. The Morgan fingerprint density at radius 2 is 1.84 bits per heavy atom. The van der Waals surface area contributed by atoms with Crippen LogP contribution in [-0.4, -0.2) is 16.7 Å². The number of fused-ring (bicyclic) bond motifs is 1. The zero-order valence-corrected chi connectivity index (χ0v) is 14.0. The molecule has 126 valence electrons. The van der Waals surface area contributed by atoms with Crippen molar-refractivity contribution in [3.05, 3.63) is 57.9 Å². The molecule has 0 unspecified atom stereocenters. The van der Waals surface area contributed by atoms with Crippen molar-refractivity contribution >= 4 is 22.7 Å². The molecule has 2 aromatic carbocycles. The number of aromatic nitrogens is 1. The molecule has 0 atom stereocenters. The summed E-state index contributed by atoms with van der Waals surface area (Å²) in [5.41, 5.74) is 1.20. The predicted molar refractivity (Wildman–Crippen MR) is 91.8 cm³/mol. The molecular formula is C19H15NO5. The second-order valence-corrected chi connectivity index (χ2v) is 5.64. The summed E-state index contributed by atoms with van der Waals surface area (Å²) in [5.74, 6) is -0.419. The minimum Gasteiger partial charge on any atom is -0.426 e. The van der Waals surface area contributed by atoms with E-state index >= 15 is 0 Å². The number of benzene rings is 2. The molecular weight excluding hydrogens is 322 g/mol. The van der Waals surface area contributed by atoms with E-state index < -0.39 is 11.6 Å². The summed E-state index contributed by atoms with van der Waals surface area (Å²) in [4.78, 5) is 39.8. The Morgan fingerprint density at radius 3 is 2.52 bits per heavy atom. The van der Waals surface area contributed by atoms with E-state index in [0.717, 1.165) is 0 Å². The van der Waals surface area contributed by atoms with Gasteiger partial charge in [-0.05, 0) is 43.7 Å². The molecule has 0 fully saturated rings. The summed E-state index contributed by atoms with van der Waals surface area (Å²) in [5, 5.41) is 0.365. The topological polar surface area (TPSA) is 86.5 Å². The number of ether oxygens (including phenoxy) is 1. The fourth-order valence-electron chi connectivity index (χ4n) is 2.56. The number of carbonyl (C=O) groups is 2. The number of para-hydroxylation sites is 1. The number of carbonyl (C=O) groups excluding carboxylic acids is 2. The Kier molecular flexibility index (Phi) is 4.19. The fourth-order valence-corrected chi connectivity index (χ4v) is 2.56. The standard InChI is InChI=1S/C19H15NO5/c1-10-8-15(14(11(2)21)9-17(10)24-12(3)22)18-20-16-7-5-4-6-13(16)19(23)25-18/h4-9H,1-3H3. The van der Waals surface area contributed by atoms with Crippen molar-refractivity contribution in [2.24, 2.45) is 0 Å². The van der Waals surface area contributed by atoms with E-state index in [1.165, 1.54) is 19.9 Å². The minimum absolute atomic E-state index is 0.0476. The van der Waals surface area contributed by atoms with Crippen LogP contribution in [0.1, 0.15) is 29.8 Å². The average Bonchev–Trinajstić information content (AvgIpc) is 2.55. The maximum atomic E-state index is 12.2. The van der Waals surface area contributed by atoms with Gasteiger partial charge in [0, 0.05) is 18.1 Å². The molecule has 1 heterocycles. The highest BCUT2D eigenvalue weighted by molar-refractivity contribution is 6.01. The second-order valence-electron chi connectivity index (χ2n) is 5.64. The van der Waals surface area contributed by atoms with Crippen LogP contribution in [-0.2, 0) is 4.79 Å². The zero-order chi connectivity index (χ0) is 18.1. The Labute approximate surface area is 143 Å². The largest absolute Gasteiger partial charge is 0.426 e. The monoisotopic (exact) mass is 337 g/mol. The van der Waals surface area contributed by atoms with Gasteiger partial charge in [0.15, 0.2) is 5.78 Å². The third-order valence-electron chi connectivity index (χ3n) is 3.71. The van der Waals surface area contributed by atoms with Crippen molar-refractivity contribution in [3.8, 4) is 17.2 Å². The van der Waals surface area contributed by atoms with E-state index in [1.54, 1.807) is 37.3 Å². The first-order valence-corrected chi connectivity index (χ1v) is 7.61. The Morgan fingerprint density at radius 1 is 1.12 bits per heavy atom. The number of hydrogen-bond donors (Lipinski definition) is 0. The molecule has 0 spiro atoms. The van der Waals surface area contributed by atoms with Gasteiger partial charge in [-0.3, -0.25) is 9.59 Å². The molecule has 25 heavy (non-hydrogen) atoms. The second kappa shape index (κ2) is 6.32. The van der Waals surface area contributed by atoms with Crippen LogP contribution in [0.3, 0.4) is 0 Å². The summed E-state index contributed by atoms with van der Waals surface area (Å²) >= 11 is 0. The Bertz CT molecular complexity index is 1070. The normalized spacial score (nSPS) is 10.7. The van der Waals surface area contributed by atoms with E-state index in [0.29, 0.717) is 22.0 Å². The highest BCUT2D eigenvalue weighted by Gasteiger charge is 2.18. The molecule has 0 aliphatic heterocycles. The van der Waals surface area contributed by atoms with Gasteiger partial charge in [0.2, 0.25) is 5.89 Å². The van der Waals surface area contributed by atoms with Gasteiger partial charge < -0.3 is 9.15 Å². The maximum Gasteiger partial charge on any atom is 0.347 e. The fraction of sp³-hybridized carbons (Fsp3) is 0.158. The lowest BCUT2D eigenvalue weighted by Crippen LogP contribution is -2.08. The number of nitrogens with zero attached hydrogens (tertiary/aromatic N) is 1. The first kappa shape index (κ1) is 16.6. The molecule has 6 heteroatoms. The van der Waals surface area contributed by atoms with Crippen molar-refractivity contribution in [3.63, 3.8) is 0 Å². The SMILES string of the molecule is CC(=O)Oc1cc(C(C)=O)c(-c2nc3ccccc3c(=O)o2)cc1C. The molecule has 0 aliphatic carbocycles. The number of Topliss-reactive ketones (excluding diaryl/α,β-unsaturated/α-hetero) is 1. The molecule has 6 nitrogen and oxygen atoms in total. The first-order chi connectivity index (χ1) is 11.9. The van der Waals surface area contributed by atoms with Gasteiger partial charge >= 0.3 is 11.6 Å². The van der Waals surface area contributed by atoms with Gasteiger partial charge in [-0.25, -0.2) is 9.78 Å². The molecule has 3 rings (SSSR count). The van der Waals surface area contributed by atoms with Crippen molar-refractivity contribution in [1.29, 1.82) is 0 Å². The number of aryl methyl sites for hydroxylation is 1. The van der Waals surface area contributed by atoms with Crippen LogP contribution in [0.2, 0.25) is 0 Å². The predicted octanol–water partition coefficient (Wildman–Crippen LogP) is 3.29. The lowest BCUT2D eigenvalue weighted by Gasteiger charge is -2.11. The lowest BCUT2D eigenvalue weighted by atomic mass is 10.0. The number of hydrogen-bond acceptors (Lipinski definition) is 6. The molecule has 0 N–H and O–H groups in total. The van der Waals surface area contributed by atoms with Gasteiger partial charge in [-0.1, -0.05) is 12.1 Å². The number of esters is 1. The molecule has 0 saturated carbocycles. The molecule has 0 amide bonds. The molecule has 0 saturated heterocycles. The third kappa shape index (κ3) is 3.19. The molecule has 3 aromatic rings. The summed E-state index contributed by atoms with van der Waals surface area (Å²) in [6, 6.07) is 9.89. The third-order valence-corrected chi connectivity index (χ3v) is 3.71. The van der Waals surface area contributed by atoms with Gasteiger partial charge in [-0.15, -0.1) is 0 Å². The van der Waals surface area contributed by atoms with Gasteiger partial charge in [0.05, 0.1) is 10.9 Å². The Hall–Kier alpha value is -3.28. The van der Waals surface area contributed by atoms with Gasteiger partial charge in [0.25, 0.3) is 0 Å². The van der Waals surface area contributed by atoms with Crippen LogP contribution in [0.25, 0.3) is 22.4 Å². The van der Waals surface area contributed by atoms with E-state index in [4.69, 9.17) is 9.15 Å². The first-order valence-electron chi connectivity index (χ1n) is 7.61. The van der Waals surface area contributed by atoms with Crippen LogP contribution < -0.4 is 10.4 Å².